The molecule has 1 aromatic heterocycles. The number of nitrogens with one attached hydrogen (secondary N) is 1. The number of hydrogen-bond donors (Lipinski definition) is 1. The maximum Gasteiger partial charge on any atom is 0.137 e. The summed E-state index contributed by atoms with van der Waals surface area (Å²) >= 11 is 0. The second-order valence-corrected chi connectivity index (χ2v) is 6.45. The molecule has 0 unspecified atom stereocenters. The predicted octanol–water partition coefficient (Wildman–Crippen LogP) is 3.17. The van der Waals surface area contributed by atoms with Gasteiger partial charge in [-0.1, -0.05) is 54.6 Å². The van der Waals surface area contributed by atoms with Crippen molar-refractivity contribution in [3.63, 3.8) is 0 Å². The van der Waals surface area contributed by atoms with Gasteiger partial charge in [0.2, 0.25) is 0 Å². The molecule has 0 saturated carbocycles. The summed E-state index contributed by atoms with van der Waals surface area (Å²) in [4.78, 5) is 4.03. The smallest absolute Gasteiger partial charge is 0.137 e. The van der Waals surface area contributed by atoms with Crippen molar-refractivity contribution in [3.8, 4) is 0 Å². The Kier molecular flexibility index (Phi) is 4.38. The molecule has 122 valence electrons. The van der Waals surface area contributed by atoms with Gasteiger partial charge in [0.25, 0.3) is 0 Å². The Morgan fingerprint density at radius 1 is 1.00 bits per heavy atom. The first kappa shape index (κ1) is 15.1. The average Bonchev–Trinajstić information content (AvgIpc) is 3.28. The van der Waals surface area contributed by atoms with E-state index in [-0.39, 0.29) is 0 Å². The van der Waals surface area contributed by atoms with Crippen LogP contribution in [0.2, 0.25) is 0 Å². The summed E-state index contributed by atoms with van der Waals surface area (Å²) in [5.41, 5.74) is 4.31. The number of benzene rings is 2. The zero-order chi connectivity index (χ0) is 16.2. The van der Waals surface area contributed by atoms with Crippen molar-refractivity contribution in [2.24, 2.45) is 0 Å². The highest BCUT2D eigenvalue weighted by Crippen LogP contribution is 2.25. The van der Waals surface area contributed by atoms with Crippen molar-refractivity contribution in [3.05, 3.63) is 83.9 Å². The van der Waals surface area contributed by atoms with Gasteiger partial charge in [0.15, 0.2) is 0 Å². The van der Waals surface area contributed by atoms with Crippen LogP contribution in [0.5, 0.6) is 0 Å². The second-order valence-electron chi connectivity index (χ2n) is 6.45. The molecular formula is C20H22N4. The van der Waals surface area contributed by atoms with E-state index >= 15 is 0 Å². The van der Waals surface area contributed by atoms with Gasteiger partial charge in [-0.3, -0.25) is 4.68 Å². The summed E-state index contributed by atoms with van der Waals surface area (Å²) in [5.74, 6) is 0. The van der Waals surface area contributed by atoms with Crippen molar-refractivity contribution < 1.29 is 0 Å². The number of fused-ring (bicyclic) bond motifs is 1. The Labute approximate surface area is 142 Å². The van der Waals surface area contributed by atoms with Gasteiger partial charge in [0.05, 0.1) is 0 Å². The molecular weight excluding hydrogens is 296 g/mol. The summed E-state index contributed by atoms with van der Waals surface area (Å²) in [6.45, 7) is 0.867. The van der Waals surface area contributed by atoms with Crippen LogP contribution in [0.25, 0.3) is 0 Å². The summed E-state index contributed by atoms with van der Waals surface area (Å²) in [6.07, 6.45) is 6.61. The van der Waals surface area contributed by atoms with E-state index in [1.807, 2.05) is 4.68 Å². The van der Waals surface area contributed by atoms with Crippen LogP contribution < -0.4 is 5.32 Å². The molecule has 1 heterocycles. The molecule has 1 aliphatic rings. The molecule has 0 amide bonds. The van der Waals surface area contributed by atoms with E-state index in [9.17, 15) is 0 Å². The zero-order valence-corrected chi connectivity index (χ0v) is 13.7. The van der Waals surface area contributed by atoms with Crippen LogP contribution in [0.3, 0.4) is 0 Å². The summed E-state index contributed by atoms with van der Waals surface area (Å²) in [6, 6.07) is 20.3. The largest absolute Gasteiger partial charge is 0.306 e. The first-order chi connectivity index (χ1) is 11.9. The van der Waals surface area contributed by atoms with Crippen molar-refractivity contribution in [2.75, 3.05) is 0 Å². The first-order valence-corrected chi connectivity index (χ1v) is 8.58. The lowest BCUT2D eigenvalue weighted by Crippen LogP contribution is -2.34. The Balaban J connectivity index is 1.46. The molecule has 3 aromatic rings. The second kappa shape index (κ2) is 6.97. The van der Waals surface area contributed by atoms with Crippen LogP contribution in [-0.2, 0) is 19.4 Å². The first-order valence-electron chi connectivity index (χ1n) is 8.58. The number of aromatic nitrogens is 3. The highest BCUT2D eigenvalue weighted by molar-refractivity contribution is 5.33. The van der Waals surface area contributed by atoms with Gasteiger partial charge in [-0.2, -0.15) is 5.10 Å². The number of aryl methyl sites for hydroxylation is 1. The zero-order valence-electron chi connectivity index (χ0n) is 13.7. The molecule has 0 saturated heterocycles. The molecule has 0 spiro atoms. The molecule has 4 nitrogen and oxygen atoms in total. The SMILES string of the molecule is c1ccc([C@@H](CCn2cncn2)NC2Cc3ccccc3C2)cc1. The molecule has 1 aliphatic carbocycles. The van der Waals surface area contributed by atoms with Gasteiger partial charge in [-0.05, 0) is 36.0 Å². The van der Waals surface area contributed by atoms with Crippen LogP contribution >= 0.6 is 0 Å². The van der Waals surface area contributed by atoms with E-state index in [2.05, 4.69) is 70.0 Å². The minimum atomic E-state index is 0.328. The number of hydrogen-bond acceptors (Lipinski definition) is 3. The molecule has 1 atom stereocenters. The molecule has 2 aromatic carbocycles. The third-order valence-corrected chi connectivity index (χ3v) is 4.80. The van der Waals surface area contributed by atoms with Gasteiger partial charge >= 0.3 is 0 Å². The fourth-order valence-electron chi connectivity index (χ4n) is 3.60. The van der Waals surface area contributed by atoms with Crippen molar-refractivity contribution in [1.82, 2.24) is 20.1 Å². The van der Waals surface area contributed by atoms with Gasteiger partial charge in [-0.15, -0.1) is 0 Å². The molecule has 4 rings (SSSR count). The van der Waals surface area contributed by atoms with Crippen molar-refractivity contribution in [1.29, 1.82) is 0 Å². The number of rotatable bonds is 6. The lowest BCUT2D eigenvalue weighted by Gasteiger charge is -2.23. The Morgan fingerprint density at radius 3 is 2.38 bits per heavy atom. The van der Waals surface area contributed by atoms with Crippen LogP contribution in [0, 0.1) is 0 Å². The standard InChI is InChI=1S/C20H22N4/c1-2-6-16(7-3-1)20(10-11-24-15-21-14-22-24)23-19-12-17-8-4-5-9-18(17)13-19/h1-9,14-15,19-20,23H,10-13H2/t20-/m1/s1. The minimum Gasteiger partial charge on any atom is -0.306 e. The predicted molar refractivity (Wildman–Crippen MR) is 94.6 cm³/mol. The maximum absolute atomic E-state index is 4.22. The van der Waals surface area contributed by atoms with E-state index in [1.54, 1.807) is 12.7 Å². The normalized spacial score (nSPS) is 15.3. The lowest BCUT2D eigenvalue weighted by molar-refractivity contribution is 0.396. The quantitative estimate of drug-likeness (QED) is 0.759. The van der Waals surface area contributed by atoms with Crippen molar-refractivity contribution >= 4 is 0 Å². The molecule has 0 radical (unpaired) electrons. The molecule has 24 heavy (non-hydrogen) atoms. The van der Waals surface area contributed by atoms with Crippen LogP contribution in [0.15, 0.2) is 67.3 Å². The van der Waals surface area contributed by atoms with Crippen LogP contribution in [-0.4, -0.2) is 20.8 Å². The fourth-order valence-corrected chi connectivity index (χ4v) is 3.60. The molecule has 0 fully saturated rings. The summed E-state index contributed by atoms with van der Waals surface area (Å²) < 4.78 is 1.90. The highest BCUT2D eigenvalue weighted by Gasteiger charge is 2.24. The monoisotopic (exact) mass is 318 g/mol. The summed E-state index contributed by atoms with van der Waals surface area (Å²) in [7, 11) is 0. The Bertz CT molecular complexity index is 742. The van der Waals surface area contributed by atoms with Gasteiger partial charge in [-0.25, -0.2) is 4.98 Å². The van der Waals surface area contributed by atoms with E-state index in [0.29, 0.717) is 12.1 Å². The van der Waals surface area contributed by atoms with Gasteiger partial charge in [0.1, 0.15) is 12.7 Å². The molecule has 0 aliphatic heterocycles. The van der Waals surface area contributed by atoms with E-state index in [1.165, 1.54) is 16.7 Å². The topological polar surface area (TPSA) is 42.7 Å². The lowest BCUT2D eigenvalue weighted by atomic mass is 10.0. The highest BCUT2D eigenvalue weighted by atomic mass is 15.3. The fraction of sp³-hybridized carbons (Fsp3) is 0.300. The van der Waals surface area contributed by atoms with Gasteiger partial charge < -0.3 is 5.32 Å². The van der Waals surface area contributed by atoms with E-state index in [4.69, 9.17) is 0 Å². The summed E-state index contributed by atoms with van der Waals surface area (Å²) in [5, 5.41) is 8.10. The number of nitrogens with zero attached hydrogens (tertiary/aromatic N) is 3. The van der Waals surface area contributed by atoms with Crippen LogP contribution in [0.1, 0.15) is 29.2 Å². The van der Waals surface area contributed by atoms with Crippen molar-refractivity contribution in [2.45, 2.75) is 37.9 Å². The molecule has 4 heteroatoms. The van der Waals surface area contributed by atoms with E-state index < -0.39 is 0 Å². The van der Waals surface area contributed by atoms with E-state index in [0.717, 1.165) is 25.8 Å². The third-order valence-electron chi connectivity index (χ3n) is 4.80. The average molecular weight is 318 g/mol. The maximum atomic E-state index is 4.22. The molecule has 0 bridgehead atoms. The Morgan fingerprint density at radius 2 is 1.71 bits per heavy atom. The minimum absolute atomic E-state index is 0.328. The Hall–Kier alpha value is -2.46. The third kappa shape index (κ3) is 3.39. The van der Waals surface area contributed by atoms with Crippen LogP contribution in [0.4, 0.5) is 0 Å². The van der Waals surface area contributed by atoms with Gasteiger partial charge in [0, 0.05) is 18.6 Å². The molecule has 1 N–H and O–H groups in total.